The van der Waals surface area contributed by atoms with E-state index in [0.29, 0.717) is 16.8 Å². The van der Waals surface area contributed by atoms with E-state index in [1.54, 1.807) is 5.01 Å². The van der Waals surface area contributed by atoms with E-state index in [-0.39, 0.29) is 0 Å². The van der Waals surface area contributed by atoms with Gasteiger partial charge in [0.05, 0.1) is 0 Å². The van der Waals surface area contributed by atoms with Crippen molar-refractivity contribution >= 4 is 34.7 Å². The minimum atomic E-state index is 0.574. The van der Waals surface area contributed by atoms with Gasteiger partial charge < -0.3 is 15.5 Å². The molecule has 0 heterocycles. The largest absolute Gasteiger partial charge is 0.361 e. The molecule has 0 bridgehead atoms. The average molecular weight is 340 g/mol. The van der Waals surface area contributed by atoms with Crippen LogP contribution in [0.25, 0.3) is 0 Å². The molecule has 0 aliphatic rings. The molecule has 0 unspecified atom stereocenters. The maximum atomic E-state index is 5.32. The zero-order chi connectivity index (χ0) is 16.4. The van der Waals surface area contributed by atoms with Crippen LogP contribution in [0.1, 0.15) is 12.0 Å². The van der Waals surface area contributed by atoms with Gasteiger partial charge in [0.1, 0.15) is 0 Å². The second kappa shape index (κ2) is 10.3. The standard InChI is InChI=1S/C15H25N5S2/c1-19(2)11-7-10-16-14(21)18-20(3)15(22)17-12-13-8-5-4-6-9-13/h4-6,8-9H,7,10-12H2,1-3H3,(H,17,22)(H2,16,18,21). The Morgan fingerprint density at radius 3 is 2.36 bits per heavy atom. The summed E-state index contributed by atoms with van der Waals surface area (Å²) in [6.45, 7) is 2.55. The molecular weight excluding hydrogens is 314 g/mol. The summed E-state index contributed by atoms with van der Waals surface area (Å²) in [6.07, 6.45) is 1.04. The lowest BCUT2D eigenvalue weighted by Crippen LogP contribution is -2.51. The Morgan fingerprint density at radius 2 is 1.73 bits per heavy atom. The van der Waals surface area contributed by atoms with Crippen LogP contribution in [0.4, 0.5) is 0 Å². The molecule has 1 aromatic carbocycles. The van der Waals surface area contributed by atoms with E-state index in [1.807, 2.05) is 25.2 Å². The van der Waals surface area contributed by atoms with E-state index in [9.17, 15) is 0 Å². The summed E-state index contributed by atoms with van der Waals surface area (Å²) in [5.74, 6) is 0. The molecular formula is C15H25N5S2. The number of hydrogen-bond acceptors (Lipinski definition) is 3. The summed E-state index contributed by atoms with van der Waals surface area (Å²) in [6, 6.07) is 10.1. The quantitative estimate of drug-likeness (QED) is 0.410. The Hall–Kier alpha value is -1.44. The van der Waals surface area contributed by atoms with Crippen LogP contribution < -0.4 is 16.1 Å². The van der Waals surface area contributed by atoms with Gasteiger partial charge in [-0.3, -0.25) is 10.4 Å². The molecule has 1 aromatic rings. The maximum Gasteiger partial charge on any atom is 0.187 e. The van der Waals surface area contributed by atoms with Crippen molar-refractivity contribution in [2.45, 2.75) is 13.0 Å². The van der Waals surface area contributed by atoms with Crippen LogP contribution in [-0.4, -0.2) is 54.4 Å². The molecule has 0 atom stereocenters. The number of hydrazine groups is 1. The fourth-order valence-electron chi connectivity index (χ4n) is 1.73. The van der Waals surface area contributed by atoms with Crippen molar-refractivity contribution in [1.29, 1.82) is 0 Å². The van der Waals surface area contributed by atoms with Crippen molar-refractivity contribution in [1.82, 2.24) is 26.0 Å². The van der Waals surface area contributed by atoms with Crippen molar-refractivity contribution in [3.05, 3.63) is 35.9 Å². The minimum Gasteiger partial charge on any atom is -0.361 e. The van der Waals surface area contributed by atoms with Crippen LogP contribution in [0.5, 0.6) is 0 Å². The van der Waals surface area contributed by atoms with E-state index in [1.165, 1.54) is 5.56 Å². The number of benzene rings is 1. The zero-order valence-electron chi connectivity index (χ0n) is 13.4. The molecule has 7 heteroatoms. The van der Waals surface area contributed by atoms with Crippen molar-refractivity contribution in [2.24, 2.45) is 0 Å². The number of thiocarbonyl (C=S) groups is 2. The zero-order valence-corrected chi connectivity index (χ0v) is 15.1. The van der Waals surface area contributed by atoms with Gasteiger partial charge in [-0.05, 0) is 57.1 Å². The van der Waals surface area contributed by atoms with Crippen LogP contribution in [0.3, 0.4) is 0 Å². The van der Waals surface area contributed by atoms with E-state index in [2.05, 4.69) is 47.2 Å². The van der Waals surface area contributed by atoms with Gasteiger partial charge in [-0.15, -0.1) is 0 Å². The first-order chi connectivity index (χ1) is 10.5. The first-order valence-electron chi connectivity index (χ1n) is 7.23. The van der Waals surface area contributed by atoms with Crippen LogP contribution in [0.15, 0.2) is 30.3 Å². The molecule has 0 amide bonds. The Kier molecular flexibility index (Phi) is 8.72. The summed E-state index contributed by atoms with van der Waals surface area (Å²) in [5, 5.41) is 9.23. The van der Waals surface area contributed by atoms with Crippen molar-refractivity contribution in [2.75, 3.05) is 34.2 Å². The summed E-state index contributed by atoms with van der Waals surface area (Å²) >= 11 is 10.6. The first-order valence-corrected chi connectivity index (χ1v) is 8.05. The minimum absolute atomic E-state index is 0.574. The first kappa shape index (κ1) is 18.6. The highest BCUT2D eigenvalue weighted by Gasteiger charge is 2.05. The average Bonchev–Trinajstić information content (AvgIpc) is 2.50. The van der Waals surface area contributed by atoms with Crippen molar-refractivity contribution in [3.8, 4) is 0 Å². The smallest absolute Gasteiger partial charge is 0.187 e. The third-order valence-electron chi connectivity index (χ3n) is 2.93. The molecule has 0 radical (unpaired) electrons. The van der Waals surface area contributed by atoms with Gasteiger partial charge in [-0.2, -0.15) is 0 Å². The molecule has 1 rings (SSSR count). The summed E-state index contributed by atoms with van der Waals surface area (Å²) < 4.78 is 0. The number of hydrogen-bond donors (Lipinski definition) is 3. The van der Waals surface area contributed by atoms with E-state index < -0.39 is 0 Å². The van der Waals surface area contributed by atoms with Gasteiger partial charge in [0.25, 0.3) is 0 Å². The summed E-state index contributed by atoms with van der Waals surface area (Å²) in [5.41, 5.74) is 4.22. The summed E-state index contributed by atoms with van der Waals surface area (Å²) in [4.78, 5) is 2.15. The molecule has 3 N–H and O–H groups in total. The molecule has 22 heavy (non-hydrogen) atoms. The topological polar surface area (TPSA) is 42.6 Å². The normalized spacial score (nSPS) is 10.2. The van der Waals surface area contributed by atoms with Crippen molar-refractivity contribution in [3.63, 3.8) is 0 Å². The molecule has 122 valence electrons. The third kappa shape index (κ3) is 8.11. The Morgan fingerprint density at radius 1 is 1.05 bits per heavy atom. The molecule has 0 aliphatic carbocycles. The lowest BCUT2D eigenvalue weighted by atomic mass is 10.2. The van der Waals surface area contributed by atoms with E-state index >= 15 is 0 Å². The summed E-state index contributed by atoms with van der Waals surface area (Å²) in [7, 11) is 5.95. The van der Waals surface area contributed by atoms with Crippen molar-refractivity contribution < 1.29 is 0 Å². The number of nitrogens with zero attached hydrogens (tertiary/aromatic N) is 2. The highest BCUT2D eigenvalue weighted by atomic mass is 32.1. The molecule has 0 saturated heterocycles. The fraction of sp³-hybridized carbons (Fsp3) is 0.467. The maximum absolute atomic E-state index is 5.32. The fourth-order valence-corrected chi connectivity index (χ4v) is 2.09. The van der Waals surface area contributed by atoms with E-state index in [4.69, 9.17) is 24.4 Å². The monoisotopic (exact) mass is 339 g/mol. The second-order valence-electron chi connectivity index (χ2n) is 5.23. The Labute approximate surface area is 144 Å². The molecule has 5 nitrogen and oxygen atoms in total. The second-order valence-corrected chi connectivity index (χ2v) is 6.02. The number of nitrogens with one attached hydrogen (secondary N) is 3. The number of rotatable bonds is 6. The van der Waals surface area contributed by atoms with Gasteiger partial charge in [-0.1, -0.05) is 30.3 Å². The lowest BCUT2D eigenvalue weighted by Gasteiger charge is -2.23. The Bertz CT molecular complexity index is 464. The predicted octanol–water partition coefficient (Wildman–Crippen LogP) is 1.32. The van der Waals surface area contributed by atoms with Crippen LogP contribution in [-0.2, 0) is 6.54 Å². The molecule has 0 spiro atoms. The van der Waals surface area contributed by atoms with Gasteiger partial charge in [0, 0.05) is 20.1 Å². The Balaban J connectivity index is 2.21. The van der Waals surface area contributed by atoms with Crippen LogP contribution in [0, 0.1) is 0 Å². The van der Waals surface area contributed by atoms with Gasteiger partial charge in [0.15, 0.2) is 10.2 Å². The highest BCUT2D eigenvalue weighted by molar-refractivity contribution is 7.80. The predicted molar refractivity (Wildman–Crippen MR) is 101 cm³/mol. The van der Waals surface area contributed by atoms with E-state index in [0.717, 1.165) is 19.5 Å². The SMILES string of the molecule is CN(C)CCCNC(=S)NN(C)C(=S)NCc1ccccc1. The molecule has 0 aromatic heterocycles. The van der Waals surface area contributed by atoms with Gasteiger partial charge in [0.2, 0.25) is 0 Å². The van der Waals surface area contributed by atoms with Gasteiger partial charge in [-0.25, -0.2) is 0 Å². The van der Waals surface area contributed by atoms with Crippen LogP contribution >= 0.6 is 24.4 Å². The molecule has 0 aliphatic heterocycles. The lowest BCUT2D eigenvalue weighted by molar-refractivity contribution is 0.397. The molecule has 0 fully saturated rings. The third-order valence-corrected chi connectivity index (χ3v) is 3.58. The highest BCUT2D eigenvalue weighted by Crippen LogP contribution is 1.97. The van der Waals surface area contributed by atoms with Gasteiger partial charge >= 0.3 is 0 Å². The molecule has 0 saturated carbocycles. The van der Waals surface area contributed by atoms with Crippen LogP contribution in [0.2, 0.25) is 0 Å².